The largest absolute Gasteiger partial charge is 0.396 e. The second kappa shape index (κ2) is 6.71. The molecule has 0 aromatic heterocycles. The summed E-state index contributed by atoms with van der Waals surface area (Å²) in [5.74, 6) is 0. The van der Waals surface area contributed by atoms with Gasteiger partial charge >= 0.3 is 0 Å². The van der Waals surface area contributed by atoms with Crippen molar-refractivity contribution < 1.29 is 10.0 Å². The number of aliphatic hydroxyl groups is 1. The van der Waals surface area contributed by atoms with Gasteiger partial charge in [-0.1, -0.05) is 0 Å². The molecule has 0 fully saturated rings. The maximum Gasteiger partial charge on any atom is 0.289 e. The Balaban J connectivity index is 3.14. The second-order valence-corrected chi connectivity index (χ2v) is 4.43. The predicted octanol–water partition coefficient (Wildman–Crippen LogP) is 2.06. The number of hydrogen-bond acceptors (Lipinski definition) is 5. The van der Waals surface area contributed by atoms with Crippen molar-refractivity contribution in [2.45, 2.75) is 26.3 Å². The Labute approximate surface area is 112 Å². The summed E-state index contributed by atoms with van der Waals surface area (Å²) in [6.45, 7) is 4.63. The fraction of sp³-hybridized carbons (Fsp3) is 0.462. The van der Waals surface area contributed by atoms with Crippen molar-refractivity contribution in [3.63, 3.8) is 0 Å². The van der Waals surface area contributed by atoms with Crippen LogP contribution in [0.4, 0.5) is 11.4 Å². The van der Waals surface area contributed by atoms with Gasteiger partial charge in [-0.15, -0.1) is 0 Å². The van der Waals surface area contributed by atoms with Crippen molar-refractivity contribution in [2.24, 2.45) is 0 Å². The van der Waals surface area contributed by atoms with Gasteiger partial charge < -0.3 is 10.0 Å². The molecule has 1 rings (SSSR count). The van der Waals surface area contributed by atoms with E-state index in [1.165, 1.54) is 12.1 Å². The van der Waals surface area contributed by atoms with E-state index in [0.717, 1.165) is 0 Å². The fourth-order valence-corrected chi connectivity index (χ4v) is 1.87. The lowest BCUT2D eigenvalue weighted by Gasteiger charge is -2.28. The van der Waals surface area contributed by atoms with E-state index >= 15 is 0 Å². The molecule has 1 aromatic rings. The Morgan fingerprint density at radius 3 is 2.68 bits per heavy atom. The number of nitriles is 1. The molecular weight excluding hydrogens is 246 g/mol. The molecule has 0 aliphatic heterocycles. The molecule has 1 N–H and O–H groups in total. The summed E-state index contributed by atoms with van der Waals surface area (Å²) in [4.78, 5) is 12.3. The number of nitro groups is 1. The van der Waals surface area contributed by atoms with Gasteiger partial charge in [0.2, 0.25) is 0 Å². The lowest BCUT2D eigenvalue weighted by molar-refractivity contribution is -0.385. The molecule has 0 aliphatic rings. The van der Waals surface area contributed by atoms with E-state index in [4.69, 9.17) is 10.4 Å². The van der Waals surface area contributed by atoms with E-state index < -0.39 is 4.92 Å². The zero-order valence-electron chi connectivity index (χ0n) is 11.0. The van der Waals surface area contributed by atoms with Crippen LogP contribution in [0.1, 0.15) is 25.8 Å². The lowest BCUT2D eigenvalue weighted by atomic mass is 10.1. The number of anilines is 1. The third-order valence-corrected chi connectivity index (χ3v) is 2.81. The van der Waals surface area contributed by atoms with Crippen LogP contribution in [0.5, 0.6) is 0 Å². The number of rotatable bonds is 6. The fourth-order valence-electron chi connectivity index (χ4n) is 1.87. The van der Waals surface area contributed by atoms with E-state index in [1.807, 2.05) is 24.8 Å². The molecule has 19 heavy (non-hydrogen) atoms. The highest BCUT2D eigenvalue weighted by molar-refractivity contribution is 5.60. The summed E-state index contributed by atoms with van der Waals surface area (Å²) < 4.78 is 0. The minimum Gasteiger partial charge on any atom is -0.396 e. The zero-order chi connectivity index (χ0) is 14.4. The van der Waals surface area contributed by atoms with Gasteiger partial charge in [0.1, 0.15) is 11.6 Å². The highest BCUT2D eigenvalue weighted by Crippen LogP contribution is 2.26. The van der Waals surface area contributed by atoms with E-state index in [2.05, 4.69) is 0 Å². The van der Waals surface area contributed by atoms with Crippen molar-refractivity contribution >= 4 is 11.4 Å². The molecule has 0 saturated carbocycles. The molecule has 0 amide bonds. The Bertz CT molecular complexity index is 494. The molecular formula is C13H17N3O3. The molecule has 0 unspecified atom stereocenters. The summed E-state index contributed by atoms with van der Waals surface area (Å²) in [7, 11) is 0. The molecule has 0 aliphatic carbocycles. The highest BCUT2D eigenvalue weighted by Gasteiger charge is 2.18. The maximum absolute atomic E-state index is 10.9. The Hall–Kier alpha value is -2.13. The molecule has 102 valence electrons. The molecule has 6 heteroatoms. The van der Waals surface area contributed by atoms with E-state index in [0.29, 0.717) is 18.7 Å². The number of benzene rings is 1. The number of nitro benzene ring substituents is 1. The first-order valence-electron chi connectivity index (χ1n) is 6.07. The summed E-state index contributed by atoms with van der Waals surface area (Å²) in [6, 6.07) is 6.54. The average Bonchev–Trinajstić information content (AvgIpc) is 2.38. The smallest absolute Gasteiger partial charge is 0.289 e. The number of aliphatic hydroxyl groups excluding tert-OH is 1. The summed E-state index contributed by atoms with van der Waals surface area (Å²) in [6.07, 6.45) is 0.589. The first kappa shape index (κ1) is 14.9. The van der Waals surface area contributed by atoms with Crippen LogP contribution in [0.15, 0.2) is 18.2 Å². The molecule has 1 aromatic carbocycles. The summed E-state index contributed by atoms with van der Waals surface area (Å²) in [5.41, 5.74) is 0.559. The molecule has 0 atom stereocenters. The molecule has 0 spiro atoms. The van der Waals surface area contributed by atoms with Gasteiger partial charge in [0.05, 0.1) is 4.92 Å². The van der Waals surface area contributed by atoms with Crippen molar-refractivity contribution in [2.75, 3.05) is 18.1 Å². The van der Waals surface area contributed by atoms with E-state index in [9.17, 15) is 10.1 Å². The van der Waals surface area contributed by atoms with Gasteiger partial charge in [0.25, 0.3) is 5.69 Å². The van der Waals surface area contributed by atoms with Gasteiger partial charge in [-0.3, -0.25) is 10.1 Å². The van der Waals surface area contributed by atoms with Crippen LogP contribution in [-0.4, -0.2) is 29.2 Å². The third kappa shape index (κ3) is 3.66. The van der Waals surface area contributed by atoms with Crippen molar-refractivity contribution in [1.82, 2.24) is 0 Å². The van der Waals surface area contributed by atoms with Gasteiger partial charge in [-0.2, -0.15) is 5.26 Å². The number of hydrogen-bond donors (Lipinski definition) is 1. The van der Waals surface area contributed by atoms with Crippen LogP contribution >= 0.6 is 0 Å². The van der Waals surface area contributed by atoms with Crippen molar-refractivity contribution in [3.8, 4) is 6.07 Å². The SMILES string of the molecule is CC(C)N(CCCO)c1ccc(C#N)c([N+](=O)[O-])c1. The standard InChI is InChI=1S/C13H17N3O3/c1-10(2)15(6-3-7-17)12-5-4-11(9-14)13(8-12)16(18)19/h4-5,8,10,17H,3,6-7H2,1-2H3. The minimum absolute atomic E-state index is 0.0552. The average molecular weight is 263 g/mol. The maximum atomic E-state index is 10.9. The summed E-state index contributed by atoms with van der Waals surface area (Å²) >= 11 is 0. The Morgan fingerprint density at radius 1 is 1.53 bits per heavy atom. The van der Waals surface area contributed by atoms with Gasteiger partial charge in [-0.05, 0) is 32.4 Å². The van der Waals surface area contributed by atoms with Crippen LogP contribution in [0, 0.1) is 21.4 Å². The van der Waals surface area contributed by atoms with Gasteiger partial charge in [0.15, 0.2) is 0 Å². The lowest BCUT2D eigenvalue weighted by Crippen LogP contribution is -2.32. The highest BCUT2D eigenvalue weighted by atomic mass is 16.6. The first-order chi connectivity index (χ1) is 9.01. The summed E-state index contributed by atoms with van der Waals surface area (Å²) in [5, 5.41) is 28.7. The Kier molecular flexibility index (Phi) is 5.27. The zero-order valence-corrected chi connectivity index (χ0v) is 11.0. The van der Waals surface area contributed by atoms with Crippen LogP contribution in [0.25, 0.3) is 0 Å². The van der Waals surface area contributed by atoms with Crippen LogP contribution in [-0.2, 0) is 0 Å². The van der Waals surface area contributed by atoms with Crippen LogP contribution in [0.3, 0.4) is 0 Å². The van der Waals surface area contributed by atoms with E-state index in [-0.39, 0.29) is 23.9 Å². The predicted molar refractivity (Wildman–Crippen MR) is 72.0 cm³/mol. The molecule has 0 saturated heterocycles. The molecule has 0 heterocycles. The monoisotopic (exact) mass is 263 g/mol. The third-order valence-electron chi connectivity index (χ3n) is 2.81. The van der Waals surface area contributed by atoms with E-state index in [1.54, 1.807) is 6.07 Å². The van der Waals surface area contributed by atoms with Crippen molar-refractivity contribution in [3.05, 3.63) is 33.9 Å². The normalized spacial score (nSPS) is 10.3. The topological polar surface area (TPSA) is 90.4 Å². The quantitative estimate of drug-likeness (QED) is 0.626. The van der Waals surface area contributed by atoms with Gasteiger partial charge in [0, 0.05) is 30.9 Å². The first-order valence-corrected chi connectivity index (χ1v) is 6.07. The van der Waals surface area contributed by atoms with Crippen LogP contribution in [0.2, 0.25) is 0 Å². The second-order valence-electron chi connectivity index (χ2n) is 4.43. The Morgan fingerprint density at radius 2 is 2.21 bits per heavy atom. The van der Waals surface area contributed by atoms with Crippen molar-refractivity contribution in [1.29, 1.82) is 5.26 Å². The minimum atomic E-state index is -0.549. The number of nitrogens with zero attached hydrogens (tertiary/aromatic N) is 3. The van der Waals surface area contributed by atoms with Gasteiger partial charge in [-0.25, -0.2) is 0 Å². The van der Waals surface area contributed by atoms with Crippen LogP contribution < -0.4 is 4.90 Å². The molecule has 0 bridgehead atoms. The molecule has 0 radical (unpaired) electrons. The molecule has 6 nitrogen and oxygen atoms in total.